The lowest BCUT2D eigenvalue weighted by molar-refractivity contribution is 0.0697. The summed E-state index contributed by atoms with van der Waals surface area (Å²) in [6, 6.07) is 13.2. The van der Waals surface area contributed by atoms with Crippen molar-refractivity contribution < 1.29 is 13.7 Å². The second-order valence-corrected chi connectivity index (χ2v) is 6.99. The predicted octanol–water partition coefficient (Wildman–Crippen LogP) is 4.41. The Morgan fingerprint density at radius 2 is 1.85 bits per heavy atom. The summed E-state index contributed by atoms with van der Waals surface area (Å²) in [7, 11) is 0. The molecule has 2 heterocycles. The van der Waals surface area contributed by atoms with Crippen LogP contribution in [0.1, 0.15) is 30.1 Å². The molecule has 1 aromatic heterocycles. The average molecular weight is 365 g/mol. The van der Waals surface area contributed by atoms with Crippen LogP contribution in [0.15, 0.2) is 53.1 Å². The number of aromatic nitrogens is 2. The number of amides is 1. The van der Waals surface area contributed by atoms with Gasteiger partial charge < -0.3 is 9.42 Å². The van der Waals surface area contributed by atoms with Gasteiger partial charge in [-0.05, 0) is 55.2 Å². The van der Waals surface area contributed by atoms with E-state index in [9.17, 15) is 9.18 Å². The number of hydrogen-bond acceptors (Lipinski definition) is 4. The second kappa shape index (κ2) is 7.31. The van der Waals surface area contributed by atoms with Crippen LogP contribution in [-0.2, 0) is 0 Å². The maximum atomic E-state index is 13.4. The normalized spacial score (nSPS) is 15.1. The summed E-state index contributed by atoms with van der Waals surface area (Å²) in [6.45, 7) is 3.84. The molecule has 1 aliphatic rings. The molecular weight excluding hydrogens is 345 g/mol. The number of rotatable bonds is 3. The first-order valence-corrected chi connectivity index (χ1v) is 9.09. The Morgan fingerprint density at radius 1 is 1.11 bits per heavy atom. The van der Waals surface area contributed by atoms with E-state index >= 15 is 0 Å². The first-order chi connectivity index (χ1) is 13.1. The fourth-order valence-corrected chi connectivity index (χ4v) is 3.24. The molecule has 0 saturated carbocycles. The van der Waals surface area contributed by atoms with Gasteiger partial charge in [0.2, 0.25) is 5.82 Å². The molecule has 1 saturated heterocycles. The van der Waals surface area contributed by atoms with Crippen molar-refractivity contribution in [3.63, 3.8) is 0 Å². The number of halogens is 1. The number of carbonyl (C=O) groups is 1. The zero-order chi connectivity index (χ0) is 18.8. The standard InChI is InChI=1S/C21H20FN3O2/c1-14-9-11-25(12-10-14)21(26)16-7-5-15(6-8-16)20-23-19(24-27-20)17-3-2-4-18(22)13-17/h2-8,13-14H,9-12H2,1H3. The molecule has 27 heavy (non-hydrogen) atoms. The number of carbonyl (C=O) groups excluding carboxylic acids is 1. The molecule has 0 bridgehead atoms. The van der Waals surface area contributed by atoms with E-state index in [0.717, 1.165) is 25.9 Å². The predicted molar refractivity (Wildman–Crippen MR) is 99.4 cm³/mol. The van der Waals surface area contributed by atoms with Gasteiger partial charge in [0.1, 0.15) is 5.82 Å². The van der Waals surface area contributed by atoms with Gasteiger partial charge in [0.05, 0.1) is 0 Å². The topological polar surface area (TPSA) is 59.2 Å². The summed E-state index contributed by atoms with van der Waals surface area (Å²) in [6.07, 6.45) is 2.10. The van der Waals surface area contributed by atoms with E-state index < -0.39 is 0 Å². The van der Waals surface area contributed by atoms with Crippen molar-refractivity contribution in [3.8, 4) is 22.8 Å². The molecule has 2 aromatic carbocycles. The molecule has 5 nitrogen and oxygen atoms in total. The maximum Gasteiger partial charge on any atom is 0.258 e. The van der Waals surface area contributed by atoms with Gasteiger partial charge in [-0.2, -0.15) is 4.98 Å². The minimum atomic E-state index is -0.353. The third-order valence-corrected chi connectivity index (χ3v) is 4.96. The van der Waals surface area contributed by atoms with Crippen molar-refractivity contribution in [3.05, 3.63) is 59.9 Å². The Labute approximate surface area is 156 Å². The van der Waals surface area contributed by atoms with Crippen molar-refractivity contribution in [2.45, 2.75) is 19.8 Å². The number of piperidine rings is 1. The molecule has 0 spiro atoms. The fraction of sp³-hybridized carbons (Fsp3) is 0.286. The van der Waals surface area contributed by atoms with E-state index in [1.807, 2.05) is 4.90 Å². The molecule has 1 aliphatic heterocycles. The van der Waals surface area contributed by atoms with Gasteiger partial charge in [0.25, 0.3) is 11.8 Å². The van der Waals surface area contributed by atoms with E-state index in [0.29, 0.717) is 34.3 Å². The summed E-state index contributed by atoms with van der Waals surface area (Å²) in [5.74, 6) is 1.04. The Kier molecular flexibility index (Phi) is 4.71. The summed E-state index contributed by atoms with van der Waals surface area (Å²) in [4.78, 5) is 18.8. The van der Waals surface area contributed by atoms with Crippen molar-refractivity contribution >= 4 is 5.91 Å². The average Bonchev–Trinajstić information content (AvgIpc) is 3.18. The van der Waals surface area contributed by atoms with Gasteiger partial charge >= 0.3 is 0 Å². The molecule has 6 heteroatoms. The number of hydrogen-bond donors (Lipinski definition) is 0. The number of likely N-dealkylation sites (tertiary alicyclic amines) is 1. The van der Waals surface area contributed by atoms with Crippen LogP contribution in [0, 0.1) is 11.7 Å². The van der Waals surface area contributed by atoms with Gasteiger partial charge in [-0.1, -0.05) is 24.2 Å². The molecule has 138 valence electrons. The zero-order valence-corrected chi connectivity index (χ0v) is 15.1. The number of benzene rings is 2. The molecule has 1 amide bonds. The highest BCUT2D eigenvalue weighted by atomic mass is 19.1. The van der Waals surface area contributed by atoms with Crippen LogP contribution in [0.5, 0.6) is 0 Å². The Balaban J connectivity index is 1.50. The van der Waals surface area contributed by atoms with Gasteiger partial charge in [-0.15, -0.1) is 0 Å². The van der Waals surface area contributed by atoms with E-state index in [1.54, 1.807) is 36.4 Å². The lowest BCUT2D eigenvalue weighted by atomic mass is 9.98. The highest BCUT2D eigenvalue weighted by molar-refractivity contribution is 5.94. The summed E-state index contributed by atoms with van der Waals surface area (Å²) < 4.78 is 18.7. The van der Waals surface area contributed by atoms with Crippen LogP contribution < -0.4 is 0 Å². The van der Waals surface area contributed by atoms with Crippen LogP contribution >= 0.6 is 0 Å². The molecule has 0 atom stereocenters. The molecule has 0 unspecified atom stereocenters. The molecule has 4 rings (SSSR count). The highest BCUT2D eigenvalue weighted by Crippen LogP contribution is 2.24. The molecule has 3 aromatic rings. The summed E-state index contributed by atoms with van der Waals surface area (Å²) in [5.41, 5.74) is 1.92. The third-order valence-electron chi connectivity index (χ3n) is 4.96. The smallest absolute Gasteiger partial charge is 0.258 e. The monoisotopic (exact) mass is 365 g/mol. The van der Waals surface area contributed by atoms with Crippen LogP contribution in [0.4, 0.5) is 4.39 Å². The number of nitrogens with zero attached hydrogens (tertiary/aromatic N) is 3. The fourth-order valence-electron chi connectivity index (χ4n) is 3.24. The molecule has 0 radical (unpaired) electrons. The van der Waals surface area contributed by atoms with Crippen LogP contribution in [-0.4, -0.2) is 34.0 Å². The largest absolute Gasteiger partial charge is 0.339 e. The second-order valence-electron chi connectivity index (χ2n) is 6.99. The van der Waals surface area contributed by atoms with Crippen molar-refractivity contribution in [1.29, 1.82) is 0 Å². The first-order valence-electron chi connectivity index (χ1n) is 9.09. The molecule has 0 N–H and O–H groups in total. The lowest BCUT2D eigenvalue weighted by Gasteiger charge is -2.30. The van der Waals surface area contributed by atoms with Crippen LogP contribution in [0.3, 0.4) is 0 Å². The zero-order valence-electron chi connectivity index (χ0n) is 15.1. The van der Waals surface area contributed by atoms with Gasteiger partial charge in [0.15, 0.2) is 0 Å². The van der Waals surface area contributed by atoms with E-state index in [-0.39, 0.29) is 11.7 Å². The molecule has 1 fully saturated rings. The Morgan fingerprint density at radius 3 is 2.56 bits per heavy atom. The molecule has 0 aliphatic carbocycles. The van der Waals surface area contributed by atoms with Gasteiger partial charge in [-0.25, -0.2) is 4.39 Å². The maximum absolute atomic E-state index is 13.4. The van der Waals surface area contributed by atoms with Crippen molar-refractivity contribution in [2.75, 3.05) is 13.1 Å². The van der Waals surface area contributed by atoms with Crippen LogP contribution in [0.2, 0.25) is 0 Å². The first kappa shape index (κ1) is 17.4. The quantitative estimate of drug-likeness (QED) is 0.690. The van der Waals surface area contributed by atoms with Crippen LogP contribution in [0.25, 0.3) is 22.8 Å². The summed E-state index contributed by atoms with van der Waals surface area (Å²) >= 11 is 0. The van der Waals surface area contributed by atoms with Gasteiger partial charge in [-0.3, -0.25) is 4.79 Å². The summed E-state index contributed by atoms with van der Waals surface area (Å²) in [5, 5.41) is 3.91. The van der Waals surface area contributed by atoms with Crippen molar-refractivity contribution in [2.24, 2.45) is 5.92 Å². The van der Waals surface area contributed by atoms with E-state index in [2.05, 4.69) is 17.1 Å². The minimum absolute atomic E-state index is 0.0550. The minimum Gasteiger partial charge on any atom is -0.339 e. The third kappa shape index (κ3) is 3.74. The Bertz CT molecular complexity index is 944. The van der Waals surface area contributed by atoms with Crippen molar-refractivity contribution in [1.82, 2.24) is 15.0 Å². The SMILES string of the molecule is CC1CCN(C(=O)c2ccc(-c3nc(-c4cccc(F)c4)no3)cc2)CC1. The lowest BCUT2D eigenvalue weighted by Crippen LogP contribution is -2.37. The van der Waals surface area contributed by atoms with Gasteiger partial charge in [0, 0.05) is 29.8 Å². The Hall–Kier alpha value is -3.02. The highest BCUT2D eigenvalue weighted by Gasteiger charge is 2.21. The van der Waals surface area contributed by atoms with E-state index in [1.165, 1.54) is 12.1 Å². The molecular formula is C21H20FN3O2. The van der Waals surface area contributed by atoms with E-state index in [4.69, 9.17) is 4.52 Å².